The van der Waals surface area contributed by atoms with E-state index in [4.69, 9.17) is 4.74 Å². The maximum Gasteiger partial charge on any atom is 0.359 e. The standard InChI is InChI=1S/C14H20NO2P/c1-3-5-6-11-7-8-12-10-18-13(15(12)9-11)14(16)17-4-2/h7-9,12H,3-6,10H2,1-2H3. The summed E-state index contributed by atoms with van der Waals surface area (Å²) >= 11 is 0. The molecule has 0 spiro atoms. The third kappa shape index (κ3) is 2.84. The molecule has 0 bridgehead atoms. The molecule has 98 valence electrons. The normalized spacial score (nSPS) is 22.3. The molecule has 2 rings (SSSR count). The first-order valence-corrected chi connectivity index (χ1v) is 7.73. The monoisotopic (exact) mass is 265 g/mol. The van der Waals surface area contributed by atoms with Gasteiger partial charge in [-0.2, -0.15) is 0 Å². The Morgan fingerprint density at radius 1 is 1.56 bits per heavy atom. The molecule has 0 saturated heterocycles. The molecule has 0 aliphatic carbocycles. The van der Waals surface area contributed by atoms with Crippen molar-refractivity contribution in [2.24, 2.45) is 0 Å². The number of esters is 1. The topological polar surface area (TPSA) is 29.5 Å². The molecule has 2 aliphatic rings. The number of rotatable bonds is 5. The van der Waals surface area contributed by atoms with E-state index in [-0.39, 0.29) is 5.97 Å². The van der Waals surface area contributed by atoms with Crippen molar-refractivity contribution < 1.29 is 9.53 Å². The first-order chi connectivity index (χ1) is 8.76. The third-order valence-corrected chi connectivity index (χ3v) is 4.41. The molecule has 18 heavy (non-hydrogen) atoms. The number of fused-ring (bicyclic) bond motifs is 1. The fourth-order valence-electron chi connectivity index (χ4n) is 2.17. The van der Waals surface area contributed by atoms with Gasteiger partial charge in [0.2, 0.25) is 0 Å². The van der Waals surface area contributed by atoms with Crippen molar-refractivity contribution in [3.63, 3.8) is 0 Å². The Bertz CT molecular complexity index is 412. The number of unbranched alkanes of at least 4 members (excludes halogenated alkanes) is 1. The minimum absolute atomic E-state index is 0.164. The summed E-state index contributed by atoms with van der Waals surface area (Å²) in [5.74, 6) is -0.164. The Balaban J connectivity index is 2.07. The summed E-state index contributed by atoms with van der Waals surface area (Å²) in [6.07, 6.45) is 11.0. The van der Waals surface area contributed by atoms with Crippen molar-refractivity contribution in [2.75, 3.05) is 12.8 Å². The predicted molar refractivity (Wildman–Crippen MR) is 75.8 cm³/mol. The summed E-state index contributed by atoms with van der Waals surface area (Å²) in [7, 11) is 1.08. The van der Waals surface area contributed by atoms with Gasteiger partial charge in [-0.15, -0.1) is 0 Å². The third-order valence-electron chi connectivity index (χ3n) is 3.14. The highest BCUT2D eigenvalue weighted by atomic mass is 31.1. The van der Waals surface area contributed by atoms with E-state index in [2.05, 4.69) is 30.2 Å². The van der Waals surface area contributed by atoms with Gasteiger partial charge in [0, 0.05) is 12.4 Å². The largest absolute Gasteiger partial charge is 0.461 e. The van der Waals surface area contributed by atoms with Gasteiger partial charge in [0.05, 0.1) is 12.6 Å². The van der Waals surface area contributed by atoms with Crippen LogP contribution in [-0.2, 0) is 9.53 Å². The molecule has 0 radical (unpaired) electrons. The lowest BCUT2D eigenvalue weighted by Crippen LogP contribution is -2.37. The fraction of sp³-hybridized carbons (Fsp3) is 0.571. The van der Waals surface area contributed by atoms with Crippen LogP contribution in [0.1, 0.15) is 33.1 Å². The van der Waals surface area contributed by atoms with Crippen molar-refractivity contribution in [1.82, 2.24) is 4.90 Å². The lowest BCUT2D eigenvalue weighted by atomic mass is 10.0. The number of carbonyl (C=O) groups is 1. The Morgan fingerprint density at radius 2 is 2.39 bits per heavy atom. The van der Waals surface area contributed by atoms with E-state index < -0.39 is 0 Å². The number of carbonyl (C=O) groups excluding carboxylic acids is 1. The molecule has 2 heterocycles. The smallest absolute Gasteiger partial charge is 0.359 e. The van der Waals surface area contributed by atoms with Crippen LogP contribution in [-0.4, -0.2) is 35.1 Å². The molecule has 2 aliphatic heterocycles. The van der Waals surface area contributed by atoms with E-state index in [1.54, 1.807) is 0 Å². The summed E-state index contributed by atoms with van der Waals surface area (Å²) < 4.78 is 5.11. The van der Waals surface area contributed by atoms with Crippen LogP contribution in [0.3, 0.4) is 0 Å². The van der Waals surface area contributed by atoms with Gasteiger partial charge in [-0.25, -0.2) is 4.79 Å². The maximum absolute atomic E-state index is 11.9. The highest BCUT2D eigenvalue weighted by molar-refractivity contribution is 7.44. The van der Waals surface area contributed by atoms with Crippen molar-refractivity contribution in [2.45, 2.75) is 39.2 Å². The van der Waals surface area contributed by atoms with Crippen LogP contribution in [0.15, 0.2) is 23.9 Å². The first-order valence-electron chi connectivity index (χ1n) is 6.65. The lowest BCUT2D eigenvalue weighted by Gasteiger charge is -2.26. The number of hydrogen-bond donors (Lipinski definition) is 0. The predicted octanol–water partition coefficient (Wildman–Crippen LogP) is 2.95. The number of hydrogen-bond acceptors (Lipinski definition) is 3. The number of nitrogens with zero attached hydrogens (tertiary/aromatic N) is 1. The molecular formula is C14H20NO2P. The van der Waals surface area contributed by atoms with E-state index in [0.717, 1.165) is 26.2 Å². The molecule has 1 unspecified atom stereocenters. The second kappa shape index (κ2) is 6.19. The molecule has 0 amide bonds. The summed E-state index contributed by atoms with van der Waals surface area (Å²) in [6, 6.07) is 0.344. The summed E-state index contributed by atoms with van der Waals surface area (Å²) in [5.41, 5.74) is 2.10. The van der Waals surface area contributed by atoms with Gasteiger partial charge in [-0.1, -0.05) is 33.7 Å². The van der Waals surface area contributed by atoms with E-state index >= 15 is 0 Å². The zero-order valence-electron chi connectivity index (χ0n) is 11.1. The molecule has 4 heteroatoms. The highest BCUT2D eigenvalue weighted by Gasteiger charge is 2.30. The fourth-order valence-corrected chi connectivity index (χ4v) is 3.39. The van der Waals surface area contributed by atoms with Crippen LogP contribution in [0.5, 0.6) is 0 Å². The molecule has 3 nitrogen and oxygen atoms in total. The zero-order valence-corrected chi connectivity index (χ0v) is 12.0. The van der Waals surface area contributed by atoms with Gasteiger partial charge in [-0.05, 0) is 25.3 Å². The van der Waals surface area contributed by atoms with Crippen molar-refractivity contribution in [3.05, 3.63) is 23.9 Å². The molecule has 0 aromatic rings. The molecule has 0 fully saturated rings. The number of ether oxygens (including phenoxy) is 1. The quantitative estimate of drug-likeness (QED) is 0.565. The summed E-state index contributed by atoms with van der Waals surface area (Å²) in [5, 5.41) is 0. The molecular weight excluding hydrogens is 245 g/mol. The summed E-state index contributed by atoms with van der Waals surface area (Å²) in [4.78, 5) is 14.0. The van der Waals surface area contributed by atoms with Crippen molar-refractivity contribution >= 4 is 19.6 Å². The SMILES string of the molecule is CCCCC1=CN2C(C(=O)OCC)=PCC2C=C1. The van der Waals surface area contributed by atoms with E-state index in [1.807, 2.05) is 6.92 Å². The van der Waals surface area contributed by atoms with Crippen molar-refractivity contribution in [3.8, 4) is 0 Å². The maximum atomic E-state index is 11.9. The van der Waals surface area contributed by atoms with Gasteiger partial charge in [0.25, 0.3) is 0 Å². The molecule has 0 saturated carbocycles. The van der Waals surface area contributed by atoms with Gasteiger partial charge < -0.3 is 9.64 Å². The van der Waals surface area contributed by atoms with Crippen molar-refractivity contribution in [1.29, 1.82) is 0 Å². The number of allylic oxidation sites excluding steroid dienone is 2. The van der Waals surface area contributed by atoms with Crippen LogP contribution >= 0.6 is 8.20 Å². The van der Waals surface area contributed by atoms with Crippen LogP contribution in [0.2, 0.25) is 0 Å². The van der Waals surface area contributed by atoms with Crippen LogP contribution in [0.25, 0.3) is 0 Å². The average Bonchev–Trinajstić information content (AvgIpc) is 2.79. The Labute approximate surface area is 110 Å². The van der Waals surface area contributed by atoms with Crippen LogP contribution < -0.4 is 0 Å². The highest BCUT2D eigenvalue weighted by Crippen LogP contribution is 2.28. The van der Waals surface area contributed by atoms with E-state index in [0.29, 0.717) is 12.6 Å². The van der Waals surface area contributed by atoms with Crippen LogP contribution in [0, 0.1) is 0 Å². The second-order valence-corrected chi connectivity index (χ2v) is 5.63. The zero-order chi connectivity index (χ0) is 13.0. The molecule has 0 aromatic heterocycles. The first kappa shape index (κ1) is 13.4. The summed E-state index contributed by atoms with van der Waals surface area (Å²) in [6.45, 7) is 4.49. The minimum atomic E-state index is -0.164. The van der Waals surface area contributed by atoms with E-state index in [9.17, 15) is 4.79 Å². The molecule has 0 N–H and O–H groups in total. The Hall–Kier alpha value is -1.08. The molecule has 1 atom stereocenters. The Morgan fingerprint density at radius 3 is 3.11 bits per heavy atom. The Kier molecular flexibility index (Phi) is 4.60. The molecule has 0 aromatic carbocycles. The van der Waals surface area contributed by atoms with E-state index in [1.165, 1.54) is 18.4 Å². The van der Waals surface area contributed by atoms with Gasteiger partial charge >= 0.3 is 5.97 Å². The lowest BCUT2D eigenvalue weighted by molar-refractivity contribution is -0.135. The second-order valence-electron chi connectivity index (χ2n) is 4.53. The van der Waals surface area contributed by atoms with Gasteiger partial charge in [-0.3, -0.25) is 0 Å². The average molecular weight is 265 g/mol. The minimum Gasteiger partial charge on any atom is -0.461 e. The van der Waals surface area contributed by atoms with Gasteiger partial charge in [0.1, 0.15) is 0 Å². The van der Waals surface area contributed by atoms with Crippen LogP contribution in [0.4, 0.5) is 0 Å². The van der Waals surface area contributed by atoms with Gasteiger partial charge in [0.15, 0.2) is 5.42 Å².